The summed E-state index contributed by atoms with van der Waals surface area (Å²) in [6.45, 7) is 4.73. The molecule has 0 aliphatic carbocycles. The lowest BCUT2D eigenvalue weighted by Crippen LogP contribution is -2.42. The first-order valence-electron chi connectivity index (χ1n) is 7.35. The maximum Gasteiger partial charge on any atom is 0.193 e. The number of benzene rings is 1. The molecule has 122 valence electrons. The fourth-order valence-corrected chi connectivity index (χ4v) is 2.81. The van der Waals surface area contributed by atoms with Crippen LogP contribution in [0.1, 0.15) is 12.5 Å². The van der Waals surface area contributed by atoms with Gasteiger partial charge in [-0.1, -0.05) is 29.3 Å². The summed E-state index contributed by atoms with van der Waals surface area (Å²) in [6, 6.07) is 6.14. The third kappa shape index (κ3) is 4.49. The molecule has 1 aliphatic rings. The molecule has 0 saturated carbocycles. The van der Waals surface area contributed by atoms with Gasteiger partial charge in [-0.05, 0) is 24.6 Å². The average molecular weight is 344 g/mol. The Morgan fingerprint density at radius 1 is 1.41 bits per heavy atom. The minimum Gasteiger partial charge on any atom is -0.356 e. The number of aliphatic imine (C=N–C) groups is 1. The van der Waals surface area contributed by atoms with E-state index < -0.39 is 0 Å². The molecule has 3 N–H and O–H groups in total. The highest BCUT2D eigenvalue weighted by Crippen LogP contribution is 2.23. The molecule has 1 saturated heterocycles. The molecule has 2 rings (SSSR count). The molecule has 0 spiro atoms. The Kier molecular flexibility index (Phi) is 6.32. The Balaban J connectivity index is 1.91. The van der Waals surface area contributed by atoms with E-state index in [0.717, 1.165) is 24.6 Å². The number of nitrogens with zero attached hydrogens (tertiary/aromatic N) is 2. The number of guanidine groups is 1. The van der Waals surface area contributed by atoms with Crippen LogP contribution in [0.25, 0.3) is 0 Å². The van der Waals surface area contributed by atoms with Crippen LogP contribution in [-0.2, 0) is 6.54 Å². The summed E-state index contributed by atoms with van der Waals surface area (Å²) in [6.07, 6.45) is 0. The van der Waals surface area contributed by atoms with E-state index >= 15 is 0 Å². The maximum absolute atomic E-state index is 6.06. The highest BCUT2D eigenvalue weighted by molar-refractivity contribution is 6.42. The van der Waals surface area contributed by atoms with E-state index in [-0.39, 0.29) is 0 Å². The summed E-state index contributed by atoms with van der Waals surface area (Å²) in [5, 5.41) is 4.58. The summed E-state index contributed by atoms with van der Waals surface area (Å²) in [5.41, 5.74) is 7.49. The van der Waals surface area contributed by atoms with Crippen molar-refractivity contribution in [3.63, 3.8) is 0 Å². The van der Waals surface area contributed by atoms with Gasteiger partial charge in [0.2, 0.25) is 0 Å². The van der Waals surface area contributed by atoms with Gasteiger partial charge in [0, 0.05) is 45.7 Å². The maximum atomic E-state index is 6.06. The van der Waals surface area contributed by atoms with Gasteiger partial charge < -0.3 is 10.2 Å². The van der Waals surface area contributed by atoms with Crippen molar-refractivity contribution in [3.05, 3.63) is 33.8 Å². The van der Waals surface area contributed by atoms with E-state index in [1.807, 2.05) is 25.2 Å². The Morgan fingerprint density at radius 2 is 2.18 bits per heavy atom. The van der Waals surface area contributed by atoms with Crippen molar-refractivity contribution in [2.45, 2.75) is 19.5 Å². The largest absolute Gasteiger partial charge is 0.356 e. The molecule has 0 bridgehead atoms. The smallest absolute Gasteiger partial charge is 0.193 e. The fourth-order valence-electron chi connectivity index (χ4n) is 2.49. The van der Waals surface area contributed by atoms with Gasteiger partial charge in [-0.3, -0.25) is 15.8 Å². The molecule has 0 amide bonds. The van der Waals surface area contributed by atoms with Crippen LogP contribution in [0.3, 0.4) is 0 Å². The number of rotatable bonds is 4. The van der Waals surface area contributed by atoms with Gasteiger partial charge in [0.15, 0.2) is 5.96 Å². The molecule has 5 nitrogen and oxygen atoms in total. The number of hydrogen-bond acceptors (Lipinski definition) is 3. The van der Waals surface area contributed by atoms with E-state index in [9.17, 15) is 0 Å². The van der Waals surface area contributed by atoms with Crippen molar-refractivity contribution in [1.82, 2.24) is 21.1 Å². The fraction of sp³-hybridized carbons (Fsp3) is 0.533. The molecule has 1 aromatic carbocycles. The van der Waals surface area contributed by atoms with Gasteiger partial charge >= 0.3 is 0 Å². The van der Waals surface area contributed by atoms with Gasteiger partial charge in [0.25, 0.3) is 0 Å². The van der Waals surface area contributed by atoms with Crippen LogP contribution in [0.2, 0.25) is 10.0 Å². The molecule has 0 radical (unpaired) electrons. The van der Waals surface area contributed by atoms with Crippen LogP contribution in [0.15, 0.2) is 23.2 Å². The van der Waals surface area contributed by atoms with Gasteiger partial charge in [-0.15, -0.1) is 0 Å². The summed E-state index contributed by atoms with van der Waals surface area (Å²) in [7, 11) is 3.80. The number of halogens is 2. The van der Waals surface area contributed by atoms with E-state index in [2.05, 4.69) is 33.0 Å². The summed E-state index contributed by atoms with van der Waals surface area (Å²) >= 11 is 12.0. The van der Waals surface area contributed by atoms with Crippen molar-refractivity contribution in [1.29, 1.82) is 0 Å². The molecule has 1 fully saturated rings. The van der Waals surface area contributed by atoms with E-state index in [1.165, 1.54) is 0 Å². The first kappa shape index (κ1) is 17.3. The second-order valence-electron chi connectivity index (χ2n) is 5.61. The molecular weight excluding hydrogens is 321 g/mol. The van der Waals surface area contributed by atoms with Crippen LogP contribution in [0.4, 0.5) is 0 Å². The van der Waals surface area contributed by atoms with Crippen molar-refractivity contribution in [2.75, 3.05) is 27.2 Å². The quantitative estimate of drug-likeness (QED) is 0.579. The molecule has 7 heteroatoms. The molecular formula is C15H23Cl2N5. The van der Waals surface area contributed by atoms with E-state index in [4.69, 9.17) is 23.2 Å². The zero-order chi connectivity index (χ0) is 16.1. The normalized spacial score (nSPS) is 22.0. The lowest BCUT2D eigenvalue weighted by Gasteiger charge is -2.24. The van der Waals surface area contributed by atoms with Gasteiger partial charge in [0.05, 0.1) is 10.0 Å². The molecule has 1 heterocycles. The average Bonchev–Trinajstić information content (AvgIpc) is 2.89. The van der Waals surface area contributed by atoms with Crippen molar-refractivity contribution >= 4 is 29.2 Å². The van der Waals surface area contributed by atoms with Crippen LogP contribution in [0, 0.1) is 5.92 Å². The molecule has 1 aliphatic heterocycles. The highest BCUT2D eigenvalue weighted by atomic mass is 35.5. The zero-order valence-corrected chi connectivity index (χ0v) is 14.7. The predicted octanol–water partition coefficient (Wildman–Crippen LogP) is 2.11. The molecule has 2 atom stereocenters. The number of hydrazine groups is 1. The third-order valence-electron chi connectivity index (χ3n) is 3.90. The predicted molar refractivity (Wildman–Crippen MR) is 93.4 cm³/mol. The second kappa shape index (κ2) is 8.02. The van der Waals surface area contributed by atoms with Crippen molar-refractivity contribution in [3.8, 4) is 0 Å². The van der Waals surface area contributed by atoms with Crippen LogP contribution in [0.5, 0.6) is 0 Å². The Bertz CT molecular complexity index is 535. The highest BCUT2D eigenvalue weighted by Gasteiger charge is 2.22. The van der Waals surface area contributed by atoms with Crippen LogP contribution < -0.4 is 16.2 Å². The summed E-state index contributed by atoms with van der Waals surface area (Å²) in [4.78, 5) is 6.41. The third-order valence-corrected chi connectivity index (χ3v) is 4.64. The first-order chi connectivity index (χ1) is 10.5. The molecule has 0 aromatic heterocycles. The summed E-state index contributed by atoms with van der Waals surface area (Å²) < 4.78 is 0. The molecule has 22 heavy (non-hydrogen) atoms. The van der Waals surface area contributed by atoms with E-state index in [1.54, 1.807) is 7.05 Å². The standard InChI is InChI=1S/C15H23Cl2N5/c1-10-12(8-20-21-10)7-19-15(18-2)22(3)9-11-4-5-13(16)14(17)6-11/h4-6,10,12,20-21H,7-9H2,1-3H3,(H,18,19). The van der Waals surface area contributed by atoms with Gasteiger partial charge in [0.1, 0.15) is 0 Å². The van der Waals surface area contributed by atoms with Crippen molar-refractivity contribution < 1.29 is 0 Å². The lowest BCUT2D eigenvalue weighted by atomic mass is 10.0. The minimum absolute atomic E-state index is 0.450. The number of nitrogens with one attached hydrogen (secondary N) is 3. The minimum atomic E-state index is 0.450. The zero-order valence-electron chi connectivity index (χ0n) is 13.2. The monoisotopic (exact) mass is 343 g/mol. The van der Waals surface area contributed by atoms with Gasteiger partial charge in [-0.25, -0.2) is 0 Å². The van der Waals surface area contributed by atoms with Crippen LogP contribution in [-0.4, -0.2) is 44.1 Å². The molecule has 1 aromatic rings. The summed E-state index contributed by atoms with van der Waals surface area (Å²) in [5.74, 6) is 1.40. The molecule has 2 unspecified atom stereocenters. The first-order valence-corrected chi connectivity index (χ1v) is 8.11. The number of hydrogen-bond donors (Lipinski definition) is 3. The Morgan fingerprint density at radius 3 is 2.77 bits per heavy atom. The Hall–Kier alpha value is -1.01. The van der Waals surface area contributed by atoms with E-state index in [0.29, 0.717) is 28.5 Å². The topological polar surface area (TPSA) is 51.7 Å². The van der Waals surface area contributed by atoms with Gasteiger partial charge in [-0.2, -0.15) is 0 Å². The lowest BCUT2D eigenvalue weighted by molar-refractivity contribution is 0.444. The van der Waals surface area contributed by atoms with Crippen molar-refractivity contribution in [2.24, 2.45) is 10.9 Å². The van der Waals surface area contributed by atoms with Crippen LogP contribution >= 0.6 is 23.2 Å². The second-order valence-corrected chi connectivity index (χ2v) is 6.42. The SMILES string of the molecule is CN=C(NCC1CNNC1C)N(C)Cc1ccc(Cl)c(Cl)c1. The Labute approximate surface area is 142 Å².